The molecule has 0 aliphatic carbocycles. The molecule has 0 spiro atoms. The number of hydrogen-bond acceptors (Lipinski definition) is 4. The van der Waals surface area contributed by atoms with Gasteiger partial charge in [-0.3, -0.25) is 9.59 Å². The van der Waals surface area contributed by atoms with Crippen LogP contribution >= 0.6 is 11.3 Å². The second-order valence-electron chi connectivity index (χ2n) is 4.13. The van der Waals surface area contributed by atoms with E-state index in [-0.39, 0.29) is 0 Å². The van der Waals surface area contributed by atoms with Crippen LogP contribution in [-0.4, -0.2) is 18.0 Å². The topological polar surface area (TPSA) is 70.6 Å². The van der Waals surface area contributed by atoms with Gasteiger partial charge in [0.1, 0.15) is 5.82 Å². The van der Waals surface area contributed by atoms with E-state index in [4.69, 9.17) is 0 Å². The third-order valence-electron chi connectivity index (χ3n) is 2.56. The van der Waals surface area contributed by atoms with Crippen molar-refractivity contribution < 1.29 is 14.0 Å². The summed E-state index contributed by atoms with van der Waals surface area (Å²) in [6.07, 6.45) is 1.48. The summed E-state index contributed by atoms with van der Waals surface area (Å²) in [4.78, 5) is 24.0. The number of anilines is 1. The number of rotatable bonds is 3. The lowest BCUT2D eigenvalue weighted by Crippen LogP contribution is -2.32. The molecule has 1 heterocycles. The van der Waals surface area contributed by atoms with Gasteiger partial charge in [-0.1, -0.05) is 0 Å². The van der Waals surface area contributed by atoms with E-state index in [1.807, 2.05) is 18.4 Å². The minimum absolute atomic E-state index is 0.328. The number of nitrogens with zero attached hydrogens (tertiary/aromatic N) is 1. The molecule has 1 aromatic carbocycles. The van der Waals surface area contributed by atoms with Crippen LogP contribution in [0.3, 0.4) is 0 Å². The summed E-state index contributed by atoms with van der Waals surface area (Å²) in [7, 11) is 0. The van der Waals surface area contributed by atoms with Gasteiger partial charge in [-0.25, -0.2) is 9.82 Å². The highest BCUT2D eigenvalue weighted by molar-refractivity contribution is 7.11. The second-order valence-corrected chi connectivity index (χ2v) is 5.08. The lowest BCUT2D eigenvalue weighted by Gasteiger charge is -2.03. The highest BCUT2D eigenvalue weighted by atomic mass is 32.1. The molecule has 0 saturated heterocycles. The first-order valence-corrected chi connectivity index (χ1v) is 6.88. The maximum atomic E-state index is 12.7. The fourth-order valence-electron chi connectivity index (χ4n) is 1.44. The van der Waals surface area contributed by atoms with Crippen molar-refractivity contribution in [2.24, 2.45) is 5.10 Å². The Bertz CT molecular complexity index is 680. The SMILES string of the molecule is Cc1ccsc1/C=N/NC(=O)C(=O)Nc1ccc(F)cc1. The molecule has 0 fully saturated rings. The first kappa shape index (κ1) is 14.9. The zero-order valence-corrected chi connectivity index (χ0v) is 11.9. The van der Waals surface area contributed by atoms with Crippen LogP contribution in [0.4, 0.5) is 10.1 Å². The summed E-state index contributed by atoms with van der Waals surface area (Å²) in [5.74, 6) is -2.19. The van der Waals surface area contributed by atoms with Gasteiger partial charge in [-0.2, -0.15) is 5.10 Å². The number of halogens is 1. The van der Waals surface area contributed by atoms with Gasteiger partial charge in [0, 0.05) is 10.6 Å². The third kappa shape index (κ3) is 4.22. The Morgan fingerprint density at radius 2 is 1.90 bits per heavy atom. The van der Waals surface area contributed by atoms with E-state index in [2.05, 4.69) is 15.8 Å². The molecule has 5 nitrogen and oxygen atoms in total. The van der Waals surface area contributed by atoms with Crippen LogP contribution in [-0.2, 0) is 9.59 Å². The standard InChI is InChI=1S/C14H12FN3O2S/c1-9-6-7-21-12(9)8-16-18-14(20)13(19)17-11-4-2-10(15)3-5-11/h2-8H,1H3,(H,17,19)(H,18,20)/b16-8+. The van der Waals surface area contributed by atoms with E-state index in [1.54, 1.807) is 0 Å². The van der Waals surface area contributed by atoms with Gasteiger partial charge in [0.05, 0.1) is 6.21 Å². The first-order chi connectivity index (χ1) is 10.1. The smallest absolute Gasteiger partial charge is 0.318 e. The molecule has 0 atom stereocenters. The lowest BCUT2D eigenvalue weighted by molar-refractivity contribution is -0.136. The van der Waals surface area contributed by atoms with Crippen LogP contribution in [0.15, 0.2) is 40.8 Å². The van der Waals surface area contributed by atoms with E-state index in [0.717, 1.165) is 10.4 Å². The monoisotopic (exact) mass is 305 g/mol. The van der Waals surface area contributed by atoms with Gasteiger partial charge >= 0.3 is 11.8 Å². The minimum Gasteiger partial charge on any atom is -0.318 e. The van der Waals surface area contributed by atoms with Gasteiger partial charge in [0.2, 0.25) is 0 Å². The van der Waals surface area contributed by atoms with Crippen molar-refractivity contribution in [3.05, 3.63) is 52.0 Å². The summed E-state index contributed by atoms with van der Waals surface area (Å²) < 4.78 is 12.7. The second kappa shape index (κ2) is 6.76. The molecular formula is C14H12FN3O2S. The predicted octanol–water partition coefficient (Wildman–Crippen LogP) is 2.28. The first-order valence-electron chi connectivity index (χ1n) is 6.00. The fourth-order valence-corrected chi connectivity index (χ4v) is 2.22. The molecule has 1 aromatic heterocycles. The van der Waals surface area contributed by atoms with E-state index in [1.165, 1.54) is 41.8 Å². The van der Waals surface area contributed by atoms with E-state index < -0.39 is 17.6 Å². The van der Waals surface area contributed by atoms with Crippen LogP contribution in [0.25, 0.3) is 0 Å². The Hall–Kier alpha value is -2.54. The average Bonchev–Trinajstić information content (AvgIpc) is 2.87. The molecular weight excluding hydrogens is 293 g/mol. The molecule has 21 heavy (non-hydrogen) atoms. The molecule has 2 rings (SSSR count). The molecule has 2 amide bonds. The maximum absolute atomic E-state index is 12.7. The number of hydrazone groups is 1. The van der Waals surface area contributed by atoms with Crippen molar-refractivity contribution in [2.75, 3.05) is 5.32 Å². The summed E-state index contributed by atoms with van der Waals surface area (Å²) in [6.45, 7) is 1.92. The fraction of sp³-hybridized carbons (Fsp3) is 0.0714. The van der Waals surface area contributed by atoms with Crippen molar-refractivity contribution in [1.29, 1.82) is 0 Å². The number of carbonyl (C=O) groups is 2. The van der Waals surface area contributed by atoms with E-state index in [9.17, 15) is 14.0 Å². The van der Waals surface area contributed by atoms with Crippen LogP contribution in [0.5, 0.6) is 0 Å². The van der Waals surface area contributed by atoms with Crippen LogP contribution in [0.2, 0.25) is 0 Å². The zero-order chi connectivity index (χ0) is 15.2. The highest BCUT2D eigenvalue weighted by Gasteiger charge is 2.12. The Kier molecular flexibility index (Phi) is 4.78. The molecule has 0 saturated carbocycles. The Morgan fingerprint density at radius 3 is 2.52 bits per heavy atom. The van der Waals surface area contributed by atoms with E-state index in [0.29, 0.717) is 5.69 Å². The largest absolute Gasteiger partial charge is 0.329 e. The van der Waals surface area contributed by atoms with Gasteiger partial charge < -0.3 is 5.32 Å². The van der Waals surface area contributed by atoms with Crippen LogP contribution in [0, 0.1) is 12.7 Å². The molecule has 2 aromatic rings. The number of nitrogens with one attached hydrogen (secondary N) is 2. The molecule has 0 bridgehead atoms. The number of hydrogen-bond donors (Lipinski definition) is 2. The van der Waals surface area contributed by atoms with Gasteiger partial charge in [0.15, 0.2) is 0 Å². The predicted molar refractivity (Wildman–Crippen MR) is 79.8 cm³/mol. The molecule has 108 valence electrons. The molecule has 7 heteroatoms. The third-order valence-corrected chi connectivity index (χ3v) is 3.51. The van der Waals surface area contributed by atoms with Crippen molar-refractivity contribution in [2.45, 2.75) is 6.92 Å². The van der Waals surface area contributed by atoms with Gasteiger partial charge in [-0.15, -0.1) is 11.3 Å². The average molecular weight is 305 g/mol. The Morgan fingerprint density at radius 1 is 1.19 bits per heavy atom. The number of carbonyl (C=O) groups excluding carboxylic acids is 2. The number of amides is 2. The lowest BCUT2D eigenvalue weighted by atomic mass is 10.3. The minimum atomic E-state index is -0.898. The van der Waals surface area contributed by atoms with Crippen LogP contribution in [0.1, 0.15) is 10.4 Å². The number of aryl methyl sites for hydroxylation is 1. The summed E-state index contributed by atoms with van der Waals surface area (Å²) in [5.41, 5.74) is 3.49. The molecule has 0 aliphatic heterocycles. The van der Waals surface area contributed by atoms with Crippen molar-refractivity contribution in [3.8, 4) is 0 Å². The van der Waals surface area contributed by atoms with Crippen LogP contribution < -0.4 is 10.7 Å². The quantitative estimate of drug-likeness (QED) is 0.519. The highest BCUT2D eigenvalue weighted by Crippen LogP contribution is 2.12. The molecule has 2 N–H and O–H groups in total. The number of benzene rings is 1. The van der Waals surface area contributed by atoms with Crippen molar-refractivity contribution in [1.82, 2.24) is 5.43 Å². The summed E-state index contributed by atoms with van der Waals surface area (Å²) in [5, 5.41) is 7.95. The maximum Gasteiger partial charge on any atom is 0.329 e. The number of thiophene rings is 1. The summed E-state index contributed by atoms with van der Waals surface area (Å²) in [6, 6.07) is 7.02. The normalized spacial score (nSPS) is 10.6. The zero-order valence-electron chi connectivity index (χ0n) is 11.1. The van der Waals surface area contributed by atoms with Gasteiger partial charge in [0.25, 0.3) is 0 Å². The van der Waals surface area contributed by atoms with Gasteiger partial charge in [-0.05, 0) is 48.2 Å². The van der Waals surface area contributed by atoms with Crippen molar-refractivity contribution >= 4 is 35.1 Å². The molecule has 0 aliphatic rings. The Balaban J connectivity index is 1.88. The summed E-state index contributed by atoms with van der Waals surface area (Å²) >= 11 is 1.48. The molecule has 0 unspecified atom stereocenters. The Labute approximate surface area is 124 Å². The van der Waals surface area contributed by atoms with Crippen molar-refractivity contribution in [3.63, 3.8) is 0 Å². The van der Waals surface area contributed by atoms with E-state index >= 15 is 0 Å². The molecule has 0 radical (unpaired) electrons.